The lowest BCUT2D eigenvalue weighted by atomic mass is 9.75. The van der Waals surface area contributed by atoms with Crippen LogP contribution in [0.5, 0.6) is 17.2 Å². The number of fused-ring (bicyclic) bond motifs is 1. The first kappa shape index (κ1) is 14.7. The molecule has 116 valence electrons. The van der Waals surface area contributed by atoms with Gasteiger partial charge in [-0.2, -0.15) is 0 Å². The molecule has 0 bridgehead atoms. The molecule has 0 aromatic heterocycles. The number of methoxy groups -OCH3 is 1. The molecule has 1 aromatic carbocycles. The highest BCUT2D eigenvalue weighted by molar-refractivity contribution is 6.35. The van der Waals surface area contributed by atoms with E-state index in [1.165, 1.54) is 13.2 Å². The highest BCUT2D eigenvalue weighted by atomic mass is 35.5. The summed E-state index contributed by atoms with van der Waals surface area (Å²) < 4.78 is 10.8. The largest absolute Gasteiger partial charge is 0.507 e. The van der Waals surface area contributed by atoms with Gasteiger partial charge < -0.3 is 19.7 Å². The van der Waals surface area contributed by atoms with E-state index in [1.54, 1.807) is 6.92 Å². The third-order valence-corrected chi connectivity index (χ3v) is 4.46. The monoisotopic (exact) mass is 324 g/mol. The Morgan fingerprint density at radius 3 is 2.68 bits per heavy atom. The van der Waals surface area contributed by atoms with E-state index in [-0.39, 0.29) is 40.0 Å². The second-order valence-corrected chi connectivity index (χ2v) is 5.76. The minimum Gasteiger partial charge on any atom is -0.507 e. The first-order valence-electron chi connectivity index (χ1n) is 6.60. The highest BCUT2D eigenvalue weighted by Crippen LogP contribution is 2.53. The number of carbonyl (C=O) groups is 2. The molecule has 3 rings (SSSR count). The zero-order valence-corrected chi connectivity index (χ0v) is 12.6. The third-order valence-electron chi connectivity index (χ3n) is 4.09. The number of aliphatic hydroxyl groups excluding tert-OH is 1. The van der Waals surface area contributed by atoms with E-state index in [0.717, 1.165) is 6.08 Å². The van der Waals surface area contributed by atoms with E-state index in [0.29, 0.717) is 0 Å². The minimum atomic E-state index is -1.71. The third kappa shape index (κ3) is 1.67. The van der Waals surface area contributed by atoms with E-state index < -0.39 is 23.1 Å². The molecule has 2 aliphatic rings. The van der Waals surface area contributed by atoms with Crippen molar-refractivity contribution in [3.05, 3.63) is 28.5 Å². The van der Waals surface area contributed by atoms with Gasteiger partial charge in [0.15, 0.2) is 11.5 Å². The van der Waals surface area contributed by atoms with Gasteiger partial charge in [-0.15, -0.1) is 0 Å². The zero-order chi connectivity index (χ0) is 16.2. The summed E-state index contributed by atoms with van der Waals surface area (Å²) in [5, 5.41) is 19.9. The summed E-state index contributed by atoms with van der Waals surface area (Å²) in [6.45, 7) is 1.63. The number of benzene rings is 1. The van der Waals surface area contributed by atoms with Gasteiger partial charge in [0.1, 0.15) is 27.8 Å². The normalized spacial score (nSPS) is 26.7. The molecule has 1 spiro atoms. The molecule has 1 aromatic rings. The summed E-state index contributed by atoms with van der Waals surface area (Å²) in [4.78, 5) is 24.4. The molecule has 7 heteroatoms. The van der Waals surface area contributed by atoms with Crippen molar-refractivity contribution >= 4 is 23.2 Å². The second kappa shape index (κ2) is 4.64. The lowest BCUT2D eigenvalue weighted by Gasteiger charge is -2.34. The van der Waals surface area contributed by atoms with Gasteiger partial charge in [0, 0.05) is 24.5 Å². The number of phenols is 1. The van der Waals surface area contributed by atoms with Crippen molar-refractivity contribution in [2.45, 2.75) is 18.9 Å². The van der Waals surface area contributed by atoms with Crippen LogP contribution in [0.4, 0.5) is 0 Å². The molecule has 22 heavy (non-hydrogen) atoms. The fourth-order valence-electron chi connectivity index (χ4n) is 2.97. The Morgan fingerprint density at radius 2 is 2.09 bits per heavy atom. The van der Waals surface area contributed by atoms with Crippen LogP contribution in [0.25, 0.3) is 0 Å². The van der Waals surface area contributed by atoms with E-state index in [2.05, 4.69) is 0 Å². The van der Waals surface area contributed by atoms with Gasteiger partial charge in [0.2, 0.25) is 11.4 Å². The average molecular weight is 325 g/mol. The molecule has 0 saturated carbocycles. The van der Waals surface area contributed by atoms with Crippen molar-refractivity contribution in [3.8, 4) is 17.2 Å². The molecule has 0 fully saturated rings. The van der Waals surface area contributed by atoms with Crippen LogP contribution >= 0.6 is 11.6 Å². The topological polar surface area (TPSA) is 93.1 Å². The quantitative estimate of drug-likeness (QED) is 0.824. The number of phenolic OH excluding ortho intramolecular Hbond substituents is 1. The summed E-state index contributed by atoms with van der Waals surface area (Å²) in [6.07, 6.45) is 1.04. The number of hydrogen-bond acceptors (Lipinski definition) is 6. The number of ether oxygens (including phenoxy) is 2. The van der Waals surface area contributed by atoms with Crippen molar-refractivity contribution in [2.24, 2.45) is 5.92 Å². The number of halogens is 1. The number of aliphatic hydroxyl groups is 1. The fourth-order valence-corrected chi connectivity index (χ4v) is 3.16. The molecular weight excluding hydrogens is 312 g/mol. The van der Waals surface area contributed by atoms with Crippen molar-refractivity contribution in [2.75, 3.05) is 7.11 Å². The molecule has 0 saturated heterocycles. The van der Waals surface area contributed by atoms with Crippen LogP contribution in [0.2, 0.25) is 5.02 Å². The number of Topliss-reactive ketones (excluding diaryl/α,β-unsaturated/α-hetero) is 1. The SMILES string of the molecule is COc1cc(O)c(Cl)c2c1C(=O)[C@@]1(O2)C(O)=CC(=O)C[C@H]1C. The van der Waals surface area contributed by atoms with Gasteiger partial charge in [-0.3, -0.25) is 9.59 Å². The minimum absolute atomic E-state index is 0.0476. The predicted molar refractivity (Wildman–Crippen MR) is 76.9 cm³/mol. The lowest BCUT2D eigenvalue weighted by Crippen LogP contribution is -2.51. The Hall–Kier alpha value is -2.21. The number of ketones is 2. The van der Waals surface area contributed by atoms with Gasteiger partial charge in [-0.1, -0.05) is 18.5 Å². The van der Waals surface area contributed by atoms with Crippen LogP contribution in [0, 0.1) is 5.92 Å². The Balaban J connectivity index is 2.26. The summed E-state index contributed by atoms with van der Waals surface area (Å²) in [5.41, 5.74) is -1.66. The lowest BCUT2D eigenvalue weighted by molar-refractivity contribution is -0.118. The van der Waals surface area contributed by atoms with Crippen LogP contribution in [-0.2, 0) is 4.79 Å². The maximum atomic E-state index is 12.9. The molecule has 2 atom stereocenters. The molecule has 6 nitrogen and oxygen atoms in total. The molecule has 2 N–H and O–H groups in total. The summed E-state index contributed by atoms with van der Waals surface area (Å²) >= 11 is 6.01. The van der Waals surface area contributed by atoms with E-state index in [1.807, 2.05) is 0 Å². The molecule has 0 unspecified atom stereocenters. The number of allylic oxidation sites excluding steroid dienone is 1. The van der Waals surface area contributed by atoms with Gasteiger partial charge in [0.25, 0.3) is 0 Å². The standard InChI is InChI=1S/C15H13ClO6/c1-6-3-7(17)4-10(19)15(6)14(20)11-9(21-2)5-8(18)12(16)13(11)22-15/h4-6,18-19H,3H2,1-2H3/t6-,15+/m1/s1. The van der Waals surface area contributed by atoms with Crippen LogP contribution in [0.3, 0.4) is 0 Å². The second-order valence-electron chi connectivity index (χ2n) is 5.38. The zero-order valence-electron chi connectivity index (χ0n) is 11.8. The van der Waals surface area contributed by atoms with Crippen LogP contribution in [0.1, 0.15) is 23.7 Å². The smallest absolute Gasteiger partial charge is 0.230 e. The van der Waals surface area contributed by atoms with Crippen molar-refractivity contribution in [1.29, 1.82) is 0 Å². The van der Waals surface area contributed by atoms with Crippen molar-refractivity contribution < 1.29 is 29.3 Å². The van der Waals surface area contributed by atoms with E-state index in [9.17, 15) is 19.8 Å². The van der Waals surface area contributed by atoms with Gasteiger partial charge >= 0.3 is 0 Å². The fraction of sp³-hybridized carbons (Fsp3) is 0.333. The maximum Gasteiger partial charge on any atom is 0.230 e. The molecule has 1 heterocycles. The number of hydrogen-bond donors (Lipinski definition) is 2. The number of rotatable bonds is 1. The summed E-state index contributed by atoms with van der Waals surface area (Å²) in [5.74, 6) is -2.15. The summed E-state index contributed by atoms with van der Waals surface area (Å²) in [7, 11) is 1.34. The Kier molecular flexibility index (Phi) is 3.11. The number of carbonyl (C=O) groups excluding carboxylic acids is 2. The molecule has 1 aliphatic carbocycles. The average Bonchev–Trinajstić information content (AvgIpc) is 2.76. The van der Waals surface area contributed by atoms with Crippen LogP contribution in [0.15, 0.2) is 17.9 Å². The van der Waals surface area contributed by atoms with Crippen LogP contribution in [-0.4, -0.2) is 34.5 Å². The van der Waals surface area contributed by atoms with Crippen LogP contribution < -0.4 is 9.47 Å². The van der Waals surface area contributed by atoms with Gasteiger partial charge in [0.05, 0.1) is 7.11 Å². The Labute approximate surface area is 130 Å². The van der Waals surface area contributed by atoms with E-state index >= 15 is 0 Å². The van der Waals surface area contributed by atoms with Crippen molar-refractivity contribution in [1.82, 2.24) is 0 Å². The van der Waals surface area contributed by atoms with Gasteiger partial charge in [-0.05, 0) is 0 Å². The molecular formula is C15H13ClO6. The Morgan fingerprint density at radius 1 is 1.41 bits per heavy atom. The predicted octanol–water partition coefficient (Wildman–Crippen LogP) is 2.42. The molecule has 0 radical (unpaired) electrons. The van der Waals surface area contributed by atoms with Crippen molar-refractivity contribution in [3.63, 3.8) is 0 Å². The maximum absolute atomic E-state index is 12.9. The summed E-state index contributed by atoms with van der Waals surface area (Å²) in [6, 6.07) is 1.21. The first-order chi connectivity index (χ1) is 10.3. The van der Waals surface area contributed by atoms with Gasteiger partial charge in [-0.25, -0.2) is 0 Å². The Bertz CT molecular complexity index is 738. The first-order valence-corrected chi connectivity index (χ1v) is 6.98. The molecule has 0 amide bonds. The molecule has 1 aliphatic heterocycles. The highest BCUT2D eigenvalue weighted by Gasteiger charge is 2.59. The van der Waals surface area contributed by atoms with E-state index in [4.69, 9.17) is 21.1 Å². The number of aromatic hydroxyl groups is 1.